The number of phenols is 1. The number of benzene rings is 2. The lowest BCUT2D eigenvalue weighted by molar-refractivity contribution is 0.0975. The van der Waals surface area contributed by atoms with E-state index in [0.717, 1.165) is 0 Å². The number of carbonyl (C=O) groups excluding carboxylic acids is 2. The first-order chi connectivity index (χ1) is 10.5. The molecule has 0 heterocycles. The summed E-state index contributed by atoms with van der Waals surface area (Å²) in [6.45, 7) is 1.65. The lowest BCUT2D eigenvalue weighted by Gasteiger charge is -2.21. The van der Waals surface area contributed by atoms with Gasteiger partial charge in [-0.2, -0.15) is 0 Å². The van der Waals surface area contributed by atoms with Gasteiger partial charge in [-0.15, -0.1) is 0 Å². The van der Waals surface area contributed by atoms with Crippen LogP contribution >= 0.6 is 0 Å². The van der Waals surface area contributed by atoms with Crippen molar-refractivity contribution in [1.29, 1.82) is 0 Å². The minimum Gasteiger partial charge on any atom is -0.504 e. The van der Waals surface area contributed by atoms with Crippen LogP contribution in [0, 0.1) is 6.92 Å². The van der Waals surface area contributed by atoms with E-state index in [-0.39, 0.29) is 39.8 Å². The van der Waals surface area contributed by atoms with Crippen LogP contribution in [0.2, 0.25) is 0 Å². The van der Waals surface area contributed by atoms with Crippen molar-refractivity contribution in [3.8, 4) is 17.2 Å². The molecule has 22 heavy (non-hydrogen) atoms. The molecule has 0 spiro atoms. The van der Waals surface area contributed by atoms with Crippen LogP contribution in [-0.4, -0.2) is 30.9 Å². The molecule has 0 saturated heterocycles. The Morgan fingerprint density at radius 3 is 2.27 bits per heavy atom. The maximum Gasteiger partial charge on any atom is 0.198 e. The molecule has 5 heteroatoms. The summed E-state index contributed by atoms with van der Waals surface area (Å²) in [5, 5.41) is 10.1. The van der Waals surface area contributed by atoms with E-state index in [1.807, 2.05) is 0 Å². The van der Waals surface area contributed by atoms with Gasteiger partial charge in [0.15, 0.2) is 23.1 Å². The summed E-state index contributed by atoms with van der Waals surface area (Å²) in [6, 6.07) is 6.25. The molecule has 0 radical (unpaired) electrons. The number of hydrogen-bond donors (Lipinski definition) is 1. The average Bonchev–Trinajstić information content (AvgIpc) is 2.53. The zero-order chi connectivity index (χ0) is 16.0. The van der Waals surface area contributed by atoms with Gasteiger partial charge in [0.1, 0.15) is 5.75 Å². The summed E-state index contributed by atoms with van der Waals surface area (Å²) in [7, 11) is 2.84. The van der Waals surface area contributed by atoms with Crippen molar-refractivity contribution in [2.75, 3.05) is 14.2 Å². The van der Waals surface area contributed by atoms with E-state index in [0.29, 0.717) is 16.9 Å². The van der Waals surface area contributed by atoms with Crippen molar-refractivity contribution >= 4 is 11.6 Å². The third kappa shape index (κ3) is 1.79. The van der Waals surface area contributed by atoms with Gasteiger partial charge in [0.05, 0.1) is 19.8 Å². The van der Waals surface area contributed by atoms with Crippen LogP contribution in [0.25, 0.3) is 0 Å². The number of aryl methyl sites for hydroxylation is 1. The van der Waals surface area contributed by atoms with Crippen LogP contribution in [0.1, 0.15) is 37.4 Å². The van der Waals surface area contributed by atoms with Crippen molar-refractivity contribution in [3.63, 3.8) is 0 Å². The van der Waals surface area contributed by atoms with Crippen molar-refractivity contribution in [2.24, 2.45) is 0 Å². The molecule has 0 fully saturated rings. The molecule has 2 aromatic carbocycles. The third-order valence-electron chi connectivity index (χ3n) is 3.84. The van der Waals surface area contributed by atoms with E-state index >= 15 is 0 Å². The molecule has 3 rings (SSSR count). The number of hydrogen-bond acceptors (Lipinski definition) is 5. The number of methoxy groups -OCH3 is 2. The van der Waals surface area contributed by atoms with Crippen molar-refractivity contribution in [2.45, 2.75) is 6.92 Å². The predicted molar refractivity (Wildman–Crippen MR) is 79.3 cm³/mol. The van der Waals surface area contributed by atoms with E-state index in [2.05, 4.69) is 0 Å². The molecule has 0 aromatic heterocycles. The Labute approximate surface area is 127 Å². The van der Waals surface area contributed by atoms with Gasteiger partial charge in [-0.05, 0) is 36.8 Å². The highest BCUT2D eigenvalue weighted by atomic mass is 16.5. The smallest absolute Gasteiger partial charge is 0.198 e. The highest BCUT2D eigenvalue weighted by Crippen LogP contribution is 2.41. The second-order valence-electron chi connectivity index (χ2n) is 5.07. The molecule has 0 amide bonds. The first kappa shape index (κ1) is 14.1. The molecule has 112 valence electrons. The minimum absolute atomic E-state index is 0.0295. The van der Waals surface area contributed by atoms with Crippen LogP contribution in [0.15, 0.2) is 24.3 Å². The average molecular weight is 298 g/mol. The number of ketones is 2. The van der Waals surface area contributed by atoms with Gasteiger partial charge in [0.2, 0.25) is 0 Å². The van der Waals surface area contributed by atoms with E-state index < -0.39 is 0 Å². The zero-order valence-electron chi connectivity index (χ0n) is 12.4. The van der Waals surface area contributed by atoms with Gasteiger partial charge >= 0.3 is 0 Å². The summed E-state index contributed by atoms with van der Waals surface area (Å²) in [5.74, 6) is -0.251. The van der Waals surface area contributed by atoms with E-state index in [1.165, 1.54) is 26.4 Å². The first-order valence-electron chi connectivity index (χ1n) is 6.67. The molecule has 1 aliphatic rings. The first-order valence-corrected chi connectivity index (χ1v) is 6.67. The molecule has 5 nitrogen and oxygen atoms in total. The molecule has 0 bridgehead atoms. The fourth-order valence-electron chi connectivity index (χ4n) is 2.70. The second kappa shape index (κ2) is 4.87. The van der Waals surface area contributed by atoms with E-state index in [1.54, 1.807) is 19.1 Å². The zero-order valence-corrected chi connectivity index (χ0v) is 12.4. The van der Waals surface area contributed by atoms with Crippen LogP contribution in [0.3, 0.4) is 0 Å². The maximum atomic E-state index is 12.8. The summed E-state index contributed by atoms with van der Waals surface area (Å²) < 4.78 is 10.3. The molecular weight excluding hydrogens is 284 g/mol. The Balaban J connectivity index is 2.34. The predicted octanol–water partition coefficient (Wildman–Crippen LogP) is 2.49. The van der Waals surface area contributed by atoms with Crippen molar-refractivity contribution in [3.05, 3.63) is 52.1 Å². The van der Waals surface area contributed by atoms with Gasteiger partial charge in [0, 0.05) is 16.7 Å². The fourth-order valence-corrected chi connectivity index (χ4v) is 2.70. The largest absolute Gasteiger partial charge is 0.504 e. The number of rotatable bonds is 2. The van der Waals surface area contributed by atoms with Gasteiger partial charge in [-0.3, -0.25) is 9.59 Å². The lowest BCUT2D eigenvalue weighted by Crippen LogP contribution is -2.22. The third-order valence-corrected chi connectivity index (χ3v) is 3.84. The monoisotopic (exact) mass is 298 g/mol. The topological polar surface area (TPSA) is 72.8 Å². The van der Waals surface area contributed by atoms with Crippen LogP contribution < -0.4 is 9.47 Å². The molecule has 0 atom stereocenters. The van der Waals surface area contributed by atoms with Gasteiger partial charge in [-0.25, -0.2) is 0 Å². The molecule has 1 N–H and O–H groups in total. The summed E-state index contributed by atoms with van der Waals surface area (Å²) in [4.78, 5) is 25.4. The lowest BCUT2D eigenvalue weighted by atomic mass is 9.82. The van der Waals surface area contributed by atoms with E-state index in [9.17, 15) is 14.7 Å². The Bertz CT molecular complexity index is 820. The molecule has 1 aliphatic carbocycles. The van der Waals surface area contributed by atoms with Gasteiger partial charge in [-0.1, -0.05) is 0 Å². The summed E-state index contributed by atoms with van der Waals surface area (Å²) >= 11 is 0. The van der Waals surface area contributed by atoms with E-state index in [4.69, 9.17) is 9.47 Å². The summed E-state index contributed by atoms with van der Waals surface area (Å²) in [5.41, 5.74) is 1.39. The van der Waals surface area contributed by atoms with Crippen molar-refractivity contribution < 1.29 is 24.2 Å². The fraction of sp³-hybridized carbons (Fsp3) is 0.176. The Hall–Kier alpha value is -2.82. The quantitative estimate of drug-likeness (QED) is 0.787. The SMILES string of the molecule is COc1ccc2c(c1)C(=O)c1c(cc(C)c(O)c1OC)C2=O. The number of fused-ring (bicyclic) bond motifs is 2. The molecule has 0 aliphatic heterocycles. The van der Waals surface area contributed by atoms with Crippen molar-refractivity contribution in [1.82, 2.24) is 0 Å². The molecule has 2 aromatic rings. The van der Waals surface area contributed by atoms with Crippen LogP contribution in [0.5, 0.6) is 17.2 Å². The second-order valence-corrected chi connectivity index (χ2v) is 5.07. The Morgan fingerprint density at radius 2 is 1.64 bits per heavy atom. The maximum absolute atomic E-state index is 12.8. The number of aromatic hydroxyl groups is 1. The van der Waals surface area contributed by atoms with Crippen LogP contribution in [0.4, 0.5) is 0 Å². The number of phenolic OH excluding ortho intramolecular Hbond substituents is 1. The molecular formula is C17H14O5. The number of ether oxygens (including phenoxy) is 2. The summed E-state index contributed by atoms with van der Waals surface area (Å²) in [6.07, 6.45) is 0. The number of carbonyl (C=O) groups is 2. The normalized spacial score (nSPS) is 12.7. The molecule has 0 unspecified atom stereocenters. The minimum atomic E-state index is -0.365. The molecule has 0 saturated carbocycles. The highest BCUT2D eigenvalue weighted by Gasteiger charge is 2.34. The van der Waals surface area contributed by atoms with Crippen LogP contribution in [-0.2, 0) is 0 Å². The highest BCUT2D eigenvalue weighted by molar-refractivity contribution is 6.29. The standard InChI is InChI=1S/C17H14O5/c1-8-6-12-13(17(22-3)14(8)18)16(20)11-7-9(21-2)4-5-10(11)15(12)19/h4-7,18H,1-3H3. The van der Waals surface area contributed by atoms with Gasteiger partial charge < -0.3 is 14.6 Å². The Morgan fingerprint density at radius 1 is 0.909 bits per heavy atom. The van der Waals surface area contributed by atoms with Gasteiger partial charge in [0.25, 0.3) is 0 Å². The Kier molecular flexibility index (Phi) is 3.13.